The second-order valence-corrected chi connectivity index (χ2v) is 6.66. The van der Waals surface area contributed by atoms with Crippen molar-refractivity contribution in [2.45, 2.75) is 13.5 Å². The number of nitrogens with one attached hydrogen (secondary N) is 1. The lowest BCUT2D eigenvalue weighted by atomic mass is 10.3. The summed E-state index contributed by atoms with van der Waals surface area (Å²) < 4.78 is 12.8. The fraction of sp³-hybridized carbons (Fsp3) is 0.190. The molecule has 0 atom stereocenters. The van der Waals surface area contributed by atoms with E-state index in [-0.39, 0.29) is 6.54 Å². The molecule has 2 aromatic carbocycles. The van der Waals surface area contributed by atoms with Crippen LogP contribution in [0.2, 0.25) is 5.02 Å². The molecular weight excluding hydrogens is 410 g/mol. The molecule has 1 heterocycles. The van der Waals surface area contributed by atoms with Gasteiger partial charge < -0.3 is 14.8 Å². The van der Waals surface area contributed by atoms with Crippen molar-refractivity contribution in [3.05, 3.63) is 80.6 Å². The number of hydrogen-bond acceptors (Lipinski definition) is 5. The number of anilines is 1. The van der Waals surface area contributed by atoms with E-state index in [0.29, 0.717) is 34.5 Å². The van der Waals surface area contributed by atoms with Crippen LogP contribution in [0.5, 0.6) is 11.5 Å². The molecule has 1 N–H and O–H groups in total. The Morgan fingerprint density at radius 1 is 1.07 bits per heavy atom. The molecule has 0 saturated heterocycles. The average molecular weight is 430 g/mol. The van der Waals surface area contributed by atoms with Gasteiger partial charge in [-0.05, 0) is 49.4 Å². The van der Waals surface area contributed by atoms with Gasteiger partial charge in [-0.25, -0.2) is 0 Å². The van der Waals surface area contributed by atoms with Gasteiger partial charge in [0.1, 0.15) is 18.0 Å². The number of amides is 1. The van der Waals surface area contributed by atoms with Gasteiger partial charge in [0.05, 0.1) is 19.4 Å². The van der Waals surface area contributed by atoms with Gasteiger partial charge in [0, 0.05) is 23.1 Å². The maximum atomic E-state index is 12.5. The summed E-state index contributed by atoms with van der Waals surface area (Å²) in [7, 11) is 1.46. The first-order valence-electron chi connectivity index (χ1n) is 9.11. The predicted octanol–water partition coefficient (Wildman–Crippen LogP) is 2.70. The van der Waals surface area contributed by atoms with Gasteiger partial charge >= 0.3 is 11.1 Å². The molecule has 0 radical (unpaired) electrons. The average Bonchev–Trinajstić information content (AvgIpc) is 2.73. The largest absolute Gasteiger partial charge is 0.495 e. The van der Waals surface area contributed by atoms with Crippen LogP contribution in [0.15, 0.2) is 64.4 Å². The smallest absolute Gasteiger partial charge is 0.320 e. The van der Waals surface area contributed by atoms with E-state index in [1.54, 1.807) is 36.4 Å². The van der Waals surface area contributed by atoms with E-state index in [2.05, 4.69) is 5.32 Å². The normalized spacial score (nSPS) is 10.5. The number of methoxy groups -OCH3 is 1. The van der Waals surface area contributed by atoms with Crippen LogP contribution in [0.25, 0.3) is 5.69 Å². The van der Waals surface area contributed by atoms with Gasteiger partial charge in [-0.2, -0.15) is 0 Å². The first-order chi connectivity index (χ1) is 14.4. The summed E-state index contributed by atoms with van der Waals surface area (Å²) in [4.78, 5) is 37.4. The van der Waals surface area contributed by atoms with Crippen LogP contribution in [0.4, 0.5) is 5.69 Å². The lowest BCUT2D eigenvalue weighted by Gasteiger charge is -2.12. The topological polar surface area (TPSA) is 91.6 Å². The molecule has 156 valence electrons. The zero-order valence-corrected chi connectivity index (χ0v) is 17.2. The maximum absolute atomic E-state index is 12.5. The van der Waals surface area contributed by atoms with Crippen molar-refractivity contribution in [3.63, 3.8) is 0 Å². The van der Waals surface area contributed by atoms with Crippen LogP contribution in [0.1, 0.15) is 6.92 Å². The highest BCUT2D eigenvalue weighted by Gasteiger charge is 2.12. The summed E-state index contributed by atoms with van der Waals surface area (Å²) in [5, 5.41) is 3.05. The molecule has 0 aliphatic rings. The molecule has 0 spiro atoms. The van der Waals surface area contributed by atoms with Crippen molar-refractivity contribution >= 4 is 23.2 Å². The standard InChI is InChI=1S/C21H20ClN3O5/c1-3-30-16-7-5-15(6-8-16)25-11-10-24(20(27)21(25)28)13-19(26)23-17-12-14(22)4-9-18(17)29-2/h4-12H,3,13H2,1-2H3,(H,23,26). The summed E-state index contributed by atoms with van der Waals surface area (Å²) in [6, 6.07) is 11.5. The van der Waals surface area contributed by atoms with Gasteiger partial charge in [-0.3, -0.25) is 23.5 Å². The molecule has 0 aliphatic carbocycles. The van der Waals surface area contributed by atoms with Gasteiger partial charge in [-0.15, -0.1) is 0 Å². The zero-order chi connectivity index (χ0) is 21.7. The van der Waals surface area contributed by atoms with Crippen LogP contribution in [-0.2, 0) is 11.3 Å². The summed E-state index contributed by atoms with van der Waals surface area (Å²) >= 11 is 5.95. The van der Waals surface area contributed by atoms with Crippen LogP contribution < -0.4 is 25.9 Å². The number of benzene rings is 2. The van der Waals surface area contributed by atoms with E-state index in [0.717, 1.165) is 4.57 Å². The SMILES string of the molecule is CCOc1ccc(-n2ccn(CC(=O)Nc3cc(Cl)ccc3OC)c(=O)c2=O)cc1. The first kappa shape index (κ1) is 21.2. The van der Waals surface area contributed by atoms with E-state index in [4.69, 9.17) is 21.1 Å². The molecule has 0 aliphatic heterocycles. The van der Waals surface area contributed by atoms with Crippen LogP contribution in [-0.4, -0.2) is 28.8 Å². The Labute approximate surface area is 177 Å². The molecule has 0 saturated carbocycles. The van der Waals surface area contributed by atoms with Crippen LogP contribution >= 0.6 is 11.6 Å². The molecule has 30 heavy (non-hydrogen) atoms. The molecule has 0 unspecified atom stereocenters. The van der Waals surface area contributed by atoms with Crippen molar-refractivity contribution in [2.24, 2.45) is 0 Å². The summed E-state index contributed by atoms with van der Waals surface area (Å²) in [5.41, 5.74) is -0.707. The number of hydrogen-bond donors (Lipinski definition) is 1. The second kappa shape index (κ2) is 9.32. The summed E-state index contributed by atoms with van der Waals surface area (Å²) in [5.74, 6) is 0.581. The Kier molecular flexibility index (Phi) is 6.58. The highest BCUT2D eigenvalue weighted by molar-refractivity contribution is 6.31. The monoisotopic (exact) mass is 429 g/mol. The molecule has 1 aromatic heterocycles. The van der Waals surface area contributed by atoms with Gasteiger partial charge in [0.25, 0.3) is 0 Å². The quantitative estimate of drug-likeness (QED) is 0.583. The molecule has 3 aromatic rings. The number of carbonyl (C=O) groups is 1. The van der Waals surface area contributed by atoms with E-state index in [1.165, 1.54) is 30.1 Å². The van der Waals surface area contributed by atoms with Crippen molar-refractivity contribution in [1.29, 1.82) is 0 Å². The minimum absolute atomic E-state index is 0.339. The second-order valence-electron chi connectivity index (χ2n) is 6.23. The minimum Gasteiger partial charge on any atom is -0.495 e. The molecule has 3 rings (SSSR count). The fourth-order valence-electron chi connectivity index (χ4n) is 2.83. The zero-order valence-electron chi connectivity index (χ0n) is 16.4. The number of aromatic nitrogens is 2. The van der Waals surface area contributed by atoms with Crippen molar-refractivity contribution in [3.8, 4) is 17.2 Å². The number of halogens is 1. The van der Waals surface area contributed by atoms with Crippen molar-refractivity contribution < 1.29 is 14.3 Å². The maximum Gasteiger partial charge on any atom is 0.320 e. The molecular formula is C21H20ClN3O5. The highest BCUT2D eigenvalue weighted by atomic mass is 35.5. The lowest BCUT2D eigenvalue weighted by molar-refractivity contribution is -0.116. The highest BCUT2D eigenvalue weighted by Crippen LogP contribution is 2.27. The van der Waals surface area contributed by atoms with Crippen LogP contribution in [0, 0.1) is 0 Å². The van der Waals surface area contributed by atoms with E-state index < -0.39 is 17.0 Å². The van der Waals surface area contributed by atoms with Gasteiger partial charge in [0.2, 0.25) is 5.91 Å². The third-order valence-corrected chi connectivity index (χ3v) is 4.47. The Bertz CT molecular complexity index is 1170. The van der Waals surface area contributed by atoms with Crippen molar-refractivity contribution in [1.82, 2.24) is 9.13 Å². The molecule has 1 amide bonds. The van der Waals surface area contributed by atoms with Gasteiger partial charge in [0.15, 0.2) is 0 Å². The van der Waals surface area contributed by atoms with E-state index in [9.17, 15) is 14.4 Å². The number of rotatable bonds is 7. The Morgan fingerprint density at radius 2 is 1.80 bits per heavy atom. The number of carbonyl (C=O) groups excluding carboxylic acids is 1. The van der Waals surface area contributed by atoms with Gasteiger partial charge in [-0.1, -0.05) is 11.6 Å². The number of nitrogens with zero attached hydrogens (tertiary/aromatic N) is 2. The third-order valence-electron chi connectivity index (χ3n) is 4.23. The summed E-state index contributed by atoms with van der Waals surface area (Å²) in [6.45, 7) is 2.06. The third kappa shape index (κ3) is 4.72. The fourth-order valence-corrected chi connectivity index (χ4v) is 3.00. The van der Waals surface area contributed by atoms with Crippen LogP contribution in [0.3, 0.4) is 0 Å². The first-order valence-corrected chi connectivity index (χ1v) is 9.49. The van der Waals surface area contributed by atoms with E-state index in [1.807, 2.05) is 6.92 Å². The Hall–Kier alpha value is -3.52. The molecule has 0 bridgehead atoms. The van der Waals surface area contributed by atoms with E-state index >= 15 is 0 Å². The molecule has 9 heteroatoms. The molecule has 8 nitrogen and oxygen atoms in total. The lowest BCUT2D eigenvalue weighted by Crippen LogP contribution is -2.41. The molecule has 0 fully saturated rings. The summed E-state index contributed by atoms with van der Waals surface area (Å²) in [6.07, 6.45) is 2.82. The Morgan fingerprint density at radius 3 is 2.47 bits per heavy atom. The Balaban J connectivity index is 1.80. The number of ether oxygens (including phenoxy) is 2. The minimum atomic E-state index is -0.820. The van der Waals surface area contributed by atoms with Crippen molar-refractivity contribution in [2.75, 3.05) is 19.0 Å². The predicted molar refractivity (Wildman–Crippen MR) is 114 cm³/mol.